The van der Waals surface area contributed by atoms with Crippen molar-refractivity contribution in [1.82, 2.24) is 44.4 Å². The summed E-state index contributed by atoms with van der Waals surface area (Å²) in [5.74, 6) is 0.813. The van der Waals surface area contributed by atoms with E-state index < -0.39 is 76.0 Å². The number of anilines is 2. The molecule has 0 radical (unpaired) electrons. The van der Waals surface area contributed by atoms with E-state index in [1.807, 2.05) is 0 Å². The monoisotopic (exact) mass is 761 g/mol. The first-order valence-electron chi connectivity index (χ1n) is 15.0. The minimum absolute atomic E-state index is 0.0626. The van der Waals surface area contributed by atoms with Crippen LogP contribution in [0.25, 0.3) is 22.3 Å². The number of imidazole rings is 2. The van der Waals surface area contributed by atoms with Crippen molar-refractivity contribution in [3.8, 4) is 0 Å². The number of hydrogen-bond donors (Lipinski definition) is 5. The van der Waals surface area contributed by atoms with Crippen molar-refractivity contribution < 1.29 is 45.5 Å². The van der Waals surface area contributed by atoms with Crippen LogP contribution < -0.4 is 16.0 Å². The number of ether oxygens (including phenoxy) is 2. The fourth-order valence-electron chi connectivity index (χ4n) is 6.43. The van der Waals surface area contributed by atoms with Crippen LogP contribution in [0.15, 0.2) is 25.3 Å². The van der Waals surface area contributed by atoms with E-state index in [0.717, 1.165) is 0 Å². The molecule has 262 valence electrons. The third-order valence-electron chi connectivity index (χ3n) is 8.90. The Morgan fingerprint density at radius 2 is 1.16 bits per heavy atom. The quantitative estimate of drug-likeness (QED) is 0.0984. The van der Waals surface area contributed by atoms with Gasteiger partial charge in [0.15, 0.2) is 58.8 Å². The normalized spacial score (nSPS) is 40.8. The summed E-state index contributed by atoms with van der Waals surface area (Å²) < 4.78 is 96.4. The molecule has 19 nitrogen and oxygen atoms in total. The van der Waals surface area contributed by atoms with Crippen molar-refractivity contribution in [1.29, 1.82) is 0 Å². The highest BCUT2D eigenvalue weighted by molar-refractivity contribution is 8.44. The van der Waals surface area contributed by atoms with Crippen molar-refractivity contribution in [2.24, 2.45) is 0 Å². The maximum atomic E-state index is 16.3. The van der Waals surface area contributed by atoms with Crippen LogP contribution in [0.1, 0.15) is 12.5 Å². The molecule has 4 unspecified atom stereocenters. The van der Waals surface area contributed by atoms with Crippen LogP contribution in [0.5, 0.6) is 0 Å². The molecule has 4 fully saturated rings. The van der Waals surface area contributed by atoms with E-state index in [1.54, 1.807) is 0 Å². The van der Waals surface area contributed by atoms with Gasteiger partial charge in [-0.25, -0.2) is 47.8 Å². The fraction of sp³-hybridized carbons (Fsp3) is 0.583. The Morgan fingerprint density at radius 3 is 1.61 bits per heavy atom. The molecule has 4 saturated heterocycles. The number of nitrogens with one attached hydrogen (secondary N) is 3. The minimum atomic E-state index is -4.39. The predicted molar refractivity (Wildman–Crippen MR) is 171 cm³/mol. The molecular weight excluding hydrogens is 734 g/mol. The molecule has 0 spiro atoms. The van der Waals surface area contributed by atoms with E-state index in [9.17, 15) is 9.13 Å². The van der Waals surface area contributed by atoms with Gasteiger partial charge >= 0.3 is 13.6 Å². The molecule has 0 amide bonds. The number of nitrogens with zero attached hydrogens (tertiary/aromatic N) is 8. The van der Waals surface area contributed by atoms with Crippen molar-refractivity contribution in [3.63, 3.8) is 0 Å². The molecule has 6 aliphatic heterocycles. The Hall–Kier alpha value is -2.56. The van der Waals surface area contributed by atoms with Crippen molar-refractivity contribution in [2.45, 2.75) is 61.3 Å². The van der Waals surface area contributed by atoms with Gasteiger partial charge in [-0.05, 0) is 0 Å². The molecule has 49 heavy (non-hydrogen) atoms. The highest BCUT2D eigenvalue weighted by Crippen LogP contribution is 2.60. The van der Waals surface area contributed by atoms with Crippen LogP contribution in [0.4, 0.5) is 20.4 Å². The van der Waals surface area contributed by atoms with Gasteiger partial charge in [0.05, 0.1) is 25.9 Å². The van der Waals surface area contributed by atoms with Gasteiger partial charge in [-0.2, -0.15) is 0 Å². The largest absolute Gasteiger partial charge is 0.386 e. The first-order valence-corrected chi connectivity index (χ1v) is 20.4. The number of hydrogen-bond acceptors (Lipinski definition) is 17. The van der Waals surface area contributed by atoms with E-state index in [2.05, 4.69) is 70.4 Å². The van der Waals surface area contributed by atoms with Gasteiger partial charge in [0, 0.05) is 25.2 Å². The Balaban J connectivity index is 1.12. The lowest BCUT2D eigenvalue weighted by molar-refractivity contribution is -0.0544. The van der Waals surface area contributed by atoms with Crippen LogP contribution >= 0.6 is 38.1 Å². The van der Waals surface area contributed by atoms with Crippen LogP contribution in [0, 0.1) is 0 Å². The Morgan fingerprint density at radius 1 is 0.714 bits per heavy atom. The summed E-state index contributed by atoms with van der Waals surface area (Å²) in [6.45, 7) is -9.08. The van der Waals surface area contributed by atoms with Gasteiger partial charge in [0.1, 0.15) is 37.1 Å². The molecule has 3 N–H and O–H groups in total. The van der Waals surface area contributed by atoms with Gasteiger partial charge in [-0.15, -0.1) is 0 Å². The van der Waals surface area contributed by atoms with Gasteiger partial charge < -0.3 is 25.4 Å². The molecular formula is C24H27F2N11O8P2S2. The lowest BCUT2D eigenvalue weighted by atomic mass is 10.1. The van der Waals surface area contributed by atoms with Crippen molar-refractivity contribution >= 4 is 72.1 Å². The molecule has 4 aromatic rings. The summed E-state index contributed by atoms with van der Waals surface area (Å²) in [5, 5.41) is 9.89. The lowest BCUT2D eigenvalue weighted by Crippen LogP contribution is -2.36. The van der Waals surface area contributed by atoms with Crippen molar-refractivity contribution in [2.75, 3.05) is 36.9 Å². The van der Waals surface area contributed by atoms with E-state index in [4.69, 9.17) is 27.6 Å². The second kappa shape index (κ2) is 12.0. The van der Waals surface area contributed by atoms with E-state index in [0.29, 0.717) is 35.8 Å². The number of alkyl halides is 2. The van der Waals surface area contributed by atoms with Crippen LogP contribution in [-0.4, -0.2) is 114 Å². The highest BCUT2D eigenvalue weighted by atomic mass is 32.7. The summed E-state index contributed by atoms with van der Waals surface area (Å²) in [7, 11) is 0. The lowest BCUT2D eigenvalue weighted by Gasteiger charge is -2.28. The van der Waals surface area contributed by atoms with Gasteiger partial charge in [-0.1, -0.05) is 24.5 Å². The first kappa shape index (κ1) is 32.4. The van der Waals surface area contributed by atoms with Crippen LogP contribution in [0.3, 0.4) is 0 Å². The number of halogens is 2. The zero-order valence-corrected chi connectivity index (χ0v) is 28.4. The van der Waals surface area contributed by atoms with E-state index in [1.165, 1.54) is 34.4 Å². The van der Waals surface area contributed by atoms with E-state index in [-0.39, 0.29) is 23.4 Å². The molecule has 14 bridgehead atoms. The van der Waals surface area contributed by atoms with Gasteiger partial charge in [0.25, 0.3) is 0 Å². The number of rotatable bonds is 0. The summed E-state index contributed by atoms with van der Waals surface area (Å²) in [6, 6.07) is 0.125. The summed E-state index contributed by atoms with van der Waals surface area (Å²) in [4.78, 5) is 26.0. The molecule has 0 saturated carbocycles. The van der Waals surface area contributed by atoms with Crippen LogP contribution in [0.2, 0.25) is 0 Å². The summed E-state index contributed by atoms with van der Waals surface area (Å²) in [5.41, 5.74) is 1.14. The molecule has 25 heteroatoms. The number of fused-ring (bicyclic) bond motifs is 8. The standard InChI is InChI=1S/C24H27F2N11O8P2S2/c25-13-17-11-3-40-47(39,49)45-18-12(4-41-46(38,48)44-17)43-24(14(18)26)37-8-34-16-20(30-6-32-22(16)37)28-2-10-9(35-10)1-27-19-15-21(31-5-29-19)36(7-33-15)23(13)42-11/h5-14,17-18,23-24,35H,1-4H2,(H,38,48)(H,39,49)(H,27,29,31)(H,28,30,32)/t9?,10?,11-,12-,13-,14-,17-,18-,23?,24?,46-,47+/m1/s1. The molecule has 4 aromatic heterocycles. The molecule has 6 aliphatic rings. The first-order chi connectivity index (χ1) is 23.6. The Kier molecular flexibility index (Phi) is 7.93. The zero-order valence-electron chi connectivity index (χ0n) is 24.8. The third-order valence-corrected chi connectivity index (χ3v) is 12.1. The van der Waals surface area contributed by atoms with Gasteiger partial charge in [0.2, 0.25) is 0 Å². The average molecular weight is 762 g/mol. The Bertz CT molecular complexity index is 1890. The zero-order chi connectivity index (χ0) is 33.7. The summed E-state index contributed by atoms with van der Waals surface area (Å²) >= 11 is 8.12. The van der Waals surface area contributed by atoms with Crippen LogP contribution in [-0.2, 0) is 36.7 Å². The molecule has 10 heterocycles. The second-order valence-electron chi connectivity index (χ2n) is 11.9. The summed E-state index contributed by atoms with van der Waals surface area (Å²) in [6.07, 6.45) is -7.49. The predicted octanol–water partition coefficient (Wildman–Crippen LogP) is 2.21. The SMILES string of the molecule is O=[P@]1(S)OC[C@H]2OC3[C@H](F)[C@@H]2O[P@](=O)(S)OC[C@H]2OC([C@H](F)[C@@H]2O1)n1cnc2c(ncnc21)NCC1NC1CNc1ncnc2c1ncn23. The smallest absolute Gasteiger partial charge is 0.366 e. The highest BCUT2D eigenvalue weighted by Gasteiger charge is 2.54. The Labute approximate surface area is 284 Å². The molecule has 10 rings (SSSR count). The second-order valence-corrected chi connectivity index (χ2v) is 17.7. The molecule has 0 aliphatic carbocycles. The third kappa shape index (κ3) is 5.81. The van der Waals surface area contributed by atoms with Gasteiger partial charge in [-0.3, -0.25) is 27.2 Å². The topological polar surface area (TPSA) is 223 Å². The average Bonchev–Trinajstić information content (AvgIpc) is 3.34. The number of aromatic nitrogens is 8. The van der Waals surface area contributed by atoms with Crippen molar-refractivity contribution in [3.05, 3.63) is 25.3 Å². The minimum Gasteiger partial charge on any atom is -0.366 e. The molecule has 0 aromatic carbocycles. The fourth-order valence-corrected chi connectivity index (χ4v) is 9.39. The maximum absolute atomic E-state index is 16.3. The van der Waals surface area contributed by atoms with E-state index >= 15 is 8.78 Å². The molecule has 12 atom stereocenters. The number of thiol groups is 2. The maximum Gasteiger partial charge on any atom is 0.386 e.